The highest BCUT2D eigenvalue weighted by Crippen LogP contribution is 2.07. The molecule has 1 aromatic rings. The molecule has 27 heavy (non-hydrogen) atoms. The maximum atomic E-state index is 12.1. The molecular weight excluding hydrogens is 352 g/mol. The van der Waals surface area contributed by atoms with Gasteiger partial charge in [0.05, 0.1) is 0 Å². The minimum Gasteiger partial charge on any atom is -0.458 e. The van der Waals surface area contributed by atoms with Crippen molar-refractivity contribution in [3.05, 3.63) is 42.0 Å². The first-order chi connectivity index (χ1) is 12.9. The first-order valence-electron chi connectivity index (χ1n) is 8.64. The number of nitrogens with two attached hydrogens (primary N) is 1. The molecule has 148 valence electrons. The maximum absolute atomic E-state index is 12.1. The van der Waals surface area contributed by atoms with Crippen LogP contribution in [0.3, 0.4) is 0 Å². The number of hydrogen-bond donors (Lipinski definition) is 1. The molecule has 0 aliphatic rings. The number of amides is 1. The number of carbonyl (C=O) groups excluding carboxylic acids is 3. The van der Waals surface area contributed by atoms with E-state index in [2.05, 4.69) is 11.3 Å². The van der Waals surface area contributed by atoms with Gasteiger partial charge in [-0.15, -0.1) is 0 Å². The third kappa shape index (κ3) is 8.26. The lowest BCUT2D eigenvalue weighted by molar-refractivity contribution is -0.147. The molecule has 0 saturated heterocycles. The van der Waals surface area contributed by atoms with Crippen LogP contribution in [-0.4, -0.2) is 49.2 Å². The molecule has 0 fully saturated rings. The van der Waals surface area contributed by atoms with Crippen LogP contribution in [0.1, 0.15) is 25.8 Å². The topological polar surface area (TPSA) is 108 Å². The van der Waals surface area contributed by atoms with Crippen LogP contribution in [0.4, 0.5) is 10.5 Å². The molecule has 0 aromatic heterocycles. The highest BCUT2D eigenvalue weighted by Gasteiger charge is 2.17. The summed E-state index contributed by atoms with van der Waals surface area (Å²) in [4.78, 5) is 36.8. The fourth-order valence-electron chi connectivity index (χ4n) is 2.08. The van der Waals surface area contributed by atoms with Crippen molar-refractivity contribution in [1.29, 1.82) is 0 Å². The molecule has 8 nitrogen and oxygen atoms in total. The molecule has 0 atom stereocenters. The Morgan fingerprint density at radius 1 is 1.04 bits per heavy atom. The Labute approximate surface area is 158 Å². The normalized spacial score (nSPS) is 10.0. The molecule has 0 spiro atoms. The molecule has 0 aliphatic heterocycles. The number of ether oxygens (including phenoxy) is 3. The van der Waals surface area contributed by atoms with Crippen molar-refractivity contribution in [2.75, 3.05) is 32.0 Å². The van der Waals surface area contributed by atoms with Crippen LogP contribution < -0.4 is 5.73 Å². The standard InChI is InChI=1S/C19H26N2O6/c1-4-10-21(5-2)18(23)14(3)11-25-17(22)13-27-19(24)26-12-15-6-8-16(20)9-7-15/h6-9H,3-5,10-13,20H2,1-2H3. The predicted octanol–water partition coefficient (Wildman–Crippen LogP) is 2.28. The second kappa shape index (κ2) is 11.6. The van der Waals surface area contributed by atoms with E-state index in [4.69, 9.17) is 15.2 Å². The summed E-state index contributed by atoms with van der Waals surface area (Å²) in [6, 6.07) is 6.76. The zero-order chi connectivity index (χ0) is 20.2. The highest BCUT2D eigenvalue weighted by molar-refractivity contribution is 5.93. The quantitative estimate of drug-likeness (QED) is 0.378. The van der Waals surface area contributed by atoms with Crippen molar-refractivity contribution in [2.45, 2.75) is 26.9 Å². The average Bonchev–Trinajstić information content (AvgIpc) is 2.67. The molecule has 1 aromatic carbocycles. The number of hydrogen-bond acceptors (Lipinski definition) is 7. The Morgan fingerprint density at radius 2 is 1.70 bits per heavy atom. The van der Waals surface area contributed by atoms with Crippen molar-refractivity contribution in [1.82, 2.24) is 4.90 Å². The number of likely N-dealkylation sites (N-methyl/N-ethyl adjacent to an activating group) is 1. The van der Waals surface area contributed by atoms with E-state index in [9.17, 15) is 14.4 Å². The Balaban J connectivity index is 2.27. The fourth-order valence-corrected chi connectivity index (χ4v) is 2.08. The summed E-state index contributed by atoms with van der Waals surface area (Å²) >= 11 is 0. The van der Waals surface area contributed by atoms with E-state index in [1.54, 1.807) is 29.2 Å². The minimum atomic E-state index is -1.00. The summed E-state index contributed by atoms with van der Waals surface area (Å²) in [5, 5.41) is 0. The van der Waals surface area contributed by atoms with Crippen LogP contribution in [-0.2, 0) is 30.4 Å². The number of nitrogens with zero attached hydrogens (tertiary/aromatic N) is 1. The van der Waals surface area contributed by atoms with Crippen molar-refractivity contribution in [3.8, 4) is 0 Å². The molecule has 0 bridgehead atoms. The van der Waals surface area contributed by atoms with Crippen LogP contribution in [0.25, 0.3) is 0 Å². The Bertz CT molecular complexity index is 657. The summed E-state index contributed by atoms with van der Waals surface area (Å²) in [6.07, 6.45) is -0.183. The molecule has 8 heteroatoms. The summed E-state index contributed by atoms with van der Waals surface area (Å²) in [6.45, 7) is 7.71. The van der Waals surface area contributed by atoms with E-state index in [0.29, 0.717) is 18.8 Å². The lowest BCUT2D eigenvalue weighted by atomic mass is 10.2. The van der Waals surface area contributed by atoms with Gasteiger partial charge in [-0.25, -0.2) is 9.59 Å². The van der Waals surface area contributed by atoms with E-state index in [-0.39, 0.29) is 24.7 Å². The predicted molar refractivity (Wildman–Crippen MR) is 99.6 cm³/mol. The Morgan fingerprint density at radius 3 is 2.30 bits per heavy atom. The van der Waals surface area contributed by atoms with Crippen LogP contribution in [0.15, 0.2) is 36.4 Å². The monoisotopic (exact) mass is 378 g/mol. The van der Waals surface area contributed by atoms with Crippen LogP contribution >= 0.6 is 0 Å². The van der Waals surface area contributed by atoms with E-state index in [1.165, 1.54) is 0 Å². The Hall–Kier alpha value is -3.03. The van der Waals surface area contributed by atoms with Crippen molar-refractivity contribution < 1.29 is 28.6 Å². The van der Waals surface area contributed by atoms with Gasteiger partial charge in [-0.1, -0.05) is 25.6 Å². The zero-order valence-corrected chi connectivity index (χ0v) is 15.7. The highest BCUT2D eigenvalue weighted by atomic mass is 16.7. The first-order valence-corrected chi connectivity index (χ1v) is 8.64. The summed E-state index contributed by atoms with van der Waals surface area (Å²) in [5.74, 6) is -1.07. The van der Waals surface area contributed by atoms with Crippen LogP contribution in [0.2, 0.25) is 0 Å². The summed E-state index contributed by atoms with van der Waals surface area (Å²) in [7, 11) is 0. The largest absolute Gasteiger partial charge is 0.509 e. The lowest BCUT2D eigenvalue weighted by Crippen LogP contribution is -2.34. The molecule has 1 amide bonds. The van der Waals surface area contributed by atoms with Gasteiger partial charge < -0.3 is 24.8 Å². The molecule has 0 heterocycles. The smallest absolute Gasteiger partial charge is 0.458 e. The number of carbonyl (C=O) groups is 3. The molecule has 0 aliphatic carbocycles. The van der Waals surface area contributed by atoms with Crippen molar-refractivity contribution in [2.24, 2.45) is 0 Å². The van der Waals surface area contributed by atoms with E-state index < -0.39 is 18.7 Å². The molecule has 0 saturated carbocycles. The van der Waals surface area contributed by atoms with Crippen LogP contribution in [0, 0.1) is 0 Å². The van der Waals surface area contributed by atoms with E-state index in [1.807, 2.05) is 13.8 Å². The maximum Gasteiger partial charge on any atom is 0.509 e. The molecule has 0 unspecified atom stereocenters. The zero-order valence-electron chi connectivity index (χ0n) is 15.7. The number of nitrogen functional groups attached to an aromatic ring is 1. The second-order valence-corrected chi connectivity index (χ2v) is 5.72. The number of benzene rings is 1. The van der Waals surface area contributed by atoms with Gasteiger partial charge in [-0.05, 0) is 31.0 Å². The lowest BCUT2D eigenvalue weighted by Gasteiger charge is -2.21. The van der Waals surface area contributed by atoms with Gasteiger partial charge in [0.2, 0.25) is 0 Å². The van der Waals surface area contributed by atoms with Gasteiger partial charge in [0.1, 0.15) is 13.2 Å². The van der Waals surface area contributed by atoms with Gasteiger partial charge in [0, 0.05) is 24.4 Å². The molecule has 1 rings (SSSR count). The van der Waals surface area contributed by atoms with Gasteiger partial charge >= 0.3 is 12.1 Å². The van der Waals surface area contributed by atoms with Crippen LogP contribution in [0.5, 0.6) is 0 Å². The number of anilines is 1. The third-order valence-electron chi connectivity index (χ3n) is 3.52. The molecule has 0 radical (unpaired) electrons. The summed E-state index contributed by atoms with van der Waals surface area (Å²) < 4.78 is 14.4. The fraction of sp³-hybridized carbons (Fsp3) is 0.421. The first kappa shape index (κ1) is 22.0. The van der Waals surface area contributed by atoms with E-state index in [0.717, 1.165) is 12.0 Å². The molecular formula is C19H26N2O6. The minimum absolute atomic E-state index is 0.0102. The van der Waals surface area contributed by atoms with Gasteiger partial charge in [-0.2, -0.15) is 0 Å². The third-order valence-corrected chi connectivity index (χ3v) is 3.52. The van der Waals surface area contributed by atoms with E-state index >= 15 is 0 Å². The second-order valence-electron chi connectivity index (χ2n) is 5.72. The molecule has 2 N–H and O–H groups in total. The average molecular weight is 378 g/mol. The van der Waals surface area contributed by atoms with Gasteiger partial charge in [0.15, 0.2) is 6.61 Å². The van der Waals surface area contributed by atoms with Gasteiger partial charge in [-0.3, -0.25) is 4.79 Å². The Kier molecular flexibility index (Phi) is 9.42. The number of rotatable bonds is 10. The van der Waals surface area contributed by atoms with Crippen molar-refractivity contribution in [3.63, 3.8) is 0 Å². The number of esters is 1. The SMILES string of the molecule is C=C(COC(=O)COC(=O)OCc1ccc(N)cc1)C(=O)N(CC)CCC. The van der Waals surface area contributed by atoms with Crippen molar-refractivity contribution >= 4 is 23.7 Å². The van der Waals surface area contributed by atoms with Gasteiger partial charge in [0.25, 0.3) is 5.91 Å². The summed E-state index contributed by atoms with van der Waals surface area (Å²) in [5.41, 5.74) is 7.04.